The van der Waals surface area contributed by atoms with E-state index in [0.29, 0.717) is 24.0 Å². The Balaban J connectivity index is 2.71. The van der Waals surface area contributed by atoms with E-state index in [9.17, 15) is 4.79 Å². The number of hydrogen-bond donors (Lipinski definition) is 0. The van der Waals surface area contributed by atoms with Crippen molar-refractivity contribution in [3.8, 4) is 0 Å². The molecule has 0 fully saturated rings. The summed E-state index contributed by atoms with van der Waals surface area (Å²) in [6.07, 6.45) is 0. The maximum Gasteiger partial charge on any atom is 0.333 e. The first-order valence-corrected chi connectivity index (χ1v) is 7.13. The van der Waals surface area contributed by atoms with E-state index in [1.54, 1.807) is 6.92 Å². The van der Waals surface area contributed by atoms with Gasteiger partial charge in [0.1, 0.15) is 0 Å². The highest BCUT2D eigenvalue weighted by molar-refractivity contribution is 5.86. The van der Waals surface area contributed by atoms with E-state index in [1.807, 2.05) is 6.07 Å². The fourth-order valence-electron chi connectivity index (χ4n) is 2.23. The molecule has 0 aliphatic heterocycles. The number of esters is 1. The van der Waals surface area contributed by atoms with Crippen LogP contribution in [0.1, 0.15) is 46.1 Å². The van der Waals surface area contributed by atoms with Gasteiger partial charge in [0.05, 0.1) is 6.61 Å². The third kappa shape index (κ3) is 4.22. The highest BCUT2D eigenvalue weighted by Crippen LogP contribution is 2.37. The zero-order valence-electron chi connectivity index (χ0n) is 13.3. The Hall–Kier alpha value is -1.57. The van der Waals surface area contributed by atoms with Crippen LogP contribution in [0.4, 0.5) is 0 Å². The molecule has 2 nitrogen and oxygen atoms in total. The molecule has 2 atom stereocenters. The lowest BCUT2D eigenvalue weighted by Crippen LogP contribution is -2.32. The predicted molar refractivity (Wildman–Crippen MR) is 83.6 cm³/mol. The van der Waals surface area contributed by atoms with E-state index < -0.39 is 0 Å². The molecule has 1 rings (SSSR count). The molecule has 1 aromatic carbocycles. The average molecular weight is 274 g/mol. The van der Waals surface area contributed by atoms with Crippen LogP contribution in [0.5, 0.6) is 0 Å². The first-order chi connectivity index (χ1) is 9.25. The fraction of sp³-hybridized carbons (Fsp3) is 0.500. The highest BCUT2D eigenvalue weighted by atomic mass is 16.5. The maximum atomic E-state index is 11.5. The van der Waals surface area contributed by atoms with Crippen LogP contribution < -0.4 is 0 Å². The van der Waals surface area contributed by atoms with Crippen LogP contribution in [0.2, 0.25) is 0 Å². The van der Waals surface area contributed by atoms with Gasteiger partial charge in [-0.2, -0.15) is 0 Å². The number of ether oxygens (including phenoxy) is 1. The van der Waals surface area contributed by atoms with Crippen LogP contribution >= 0.6 is 0 Å². The summed E-state index contributed by atoms with van der Waals surface area (Å²) >= 11 is 0. The van der Waals surface area contributed by atoms with E-state index in [1.165, 1.54) is 5.56 Å². The molecule has 0 radical (unpaired) electrons. The van der Waals surface area contributed by atoms with Crippen molar-refractivity contribution in [2.24, 2.45) is 11.3 Å². The van der Waals surface area contributed by atoms with Gasteiger partial charge in [-0.25, -0.2) is 4.79 Å². The molecule has 0 aliphatic carbocycles. The maximum absolute atomic E-state index is 11.5. The van der Waals surface area contributed by atoms with Crippen molar-refractivity contribution in [1.29, 1.82) is 0 Å². The summed E-state index contributed by atoms with van der Waals surface area (Å²) in [6.45, 7) is 14.4. The molecule has 0 saturated heterocycles. The normalized spacial score (nSPS) is 14.4. The van der Waals surface area contributed by atoms with Crippen molar-refractivity contribution in [2.75, 3.05) is 6.61 Å². The quantitative estimate of drug-likeness (QED) is 0.561. The molecule has 0 aliphatic rings. The van der Waals surface area contributed by atoms with Crippen LogP contribution in [0, 0.1) is 11.3 Å². The first kappa shape index (κ1) is 16.5. The van der Waals surface area contributed by atoms with Gasteiger partial charge in [-0.1, -0.05) is 64.6 Å². The number of rotatable bonds is 6. The Morgan fingerprint density at radius 1 is 1.25 bits per heavy atom. The minimum absolute atomic E-state index is 0.0830. The minimum Gasteiger partial charge on any atom is -0.462 e. The van der Waals surface area contributed by atoms with Gasteiger partial charge in [-0.05, 0) is 24.3 Å². The predicted octanol–water partition coefficient (Wildman–Crippen LogP) is 4.57. The number of carbonyl (C=O) groups is 1. The lowest BCUT2D eigenvalue weighted by atomic mass is 9.72. The zero-order valence-corrected chi connectivity index (χ0v) is 13.3. The molecule has 20 heavy (non-hydrogen) atoms. The van der Waals surface area contributed by atoms with Gasteiger partial charge in [0.25, 0.3) is 0 Å². The molecule has 0 aromatic heterocycles. The molecular formula is C18H26O2. The van der Waals surface area contributed by atoms with Gasteiger partial charge < -0.3 is 4.74 Å². The van der Waals surface area contributed by atoms with Crippen LogP contribution in [0.15, 0.2) is 42.5 Å². The Kier molecular flexibility index (Phi) is 5.55. The molecule has 0 heterocycles. The lowest BCUT2D eigenvalue weighted by Gasteiger charge is -2.35. The summed E-state index contributed by atoms with van der Waals surface area (Å²) in [5.41, 5.74) is 1.68. The van der Waals surface area contributed by atoms with E-state index >= 15 is 0 Å². The van der Waals surface area contributed by atoms with Crippen molar-refractivity contribution in [3.63, 3.8) is 0 Å². The van der Waals surface area contributed by atoms with Gasteiger partial charge in [-0.3, -0.25) is 0 Å². The van der Waals surface area contributed by atoms with Crippen LogP contribution in [0.3, 0.4) is 0 Å². The second-order valence-corrected chi connectivity index (χ2v) is 6.33. The molecule has 0 saturated carbocycles. The second-order valence-electron chi connectivity index (χ2n) is 6.33. The number of hydrogen-bond acceptors (Lipinski definition) is 2. The van der Waals surface area contributed by atoms with Crippen molar-refractivity contribution in [3.05, 3.63) is 48.0 Å². The lowest BCUT2D eigenvalue weighted by molar-refractivity contribution is -0.143. The topological polar surface area (TPSA) is 26.3 Å². The van der Waals surface area contributed by atoms with Gasteiger partial charge in [0.15, 0.2) is 0 Å². The molecular weight excluding hydrogens is 248 g/mol. The summed E-state index contributed by atoms with van der Waals surface area (Å²) in [4.78, 5) is 11.5. The van der Waals surface area contributed by atoms with E-state index in [2.05, 4.69) is 58.5 Å². The van der Waals surface area contributed by atoms with E-state index in [4.69, 9.17) is 4.74 Å². The first-order valence-electron chi connectivity index (χ1n) is 7.13. The number of carbonyl (C=O) groups excluding carboxylic acids is 1. The van der Waals surface area contributed by atoms with E-state index in [-0.39, 0.29) is 11.4 Å². The molecule has 2 heteroatoms. The second kappa shape index (κ2) is 6.74. The summed E-state index contributed by atoms with van der Waals surface area (Å²) in [5.74, 6) is 0.496. The smallest absolute Gasteiger partial charge is 0.333 e. The van der Waals surface area contributed by atoms with Gasteiger partial charge in [0, 0.05) is 11.0 Å². The van der Waals surface area contributed by atoms with Gasteiger partial charge in [-0.15, -0.1) is 0 Å². The zero-order chi connectivity index (χ0) is 15.3. The molecule has 1 aromatic rings. The van der Waals surface area contributed by atoms with Crippen LogP contribution in [0.25, 0.3) is 0 Å². The summed E-state index contributed by atoms with van der Waals surface area (Å²) in [6, 6.07) is 10.5. The third-order valence-corrected chi connectivity index (χ3v) is 4.23. The SMILES string of the molecule is C=C(C)C(=O)OCC(C)(C)[C@@H](C)[C@@H](C)c1ccccc1. The van der Waals surface area contributed by atoms with Crippen LogP contribution in [-0.4, -0.2) is 12.6 Å². The Labute approximate surface area is 122 Å². The molecule has 110 valence electrons. The van der Waals surface area contributed by atoms with Gasteiger partial charge in [0.2, 0.25) is 0 Å². The standard InChI is InChI=1S/C18H26O2/c1-13(2)17(19)20-12-18(5,6)15(4)14(3)16-10-8-7-9-11-16/h7-11,14-15H,1,12H2,2-6H3/t14-,15+/m1/s1. The highest BCUT2D eigenvalue weighted by Gasteiger charge is 2.32. The largest absolute Gasteiger partial charge is 0.462 e. The van der Waals surface area contributed by atoms with E-state index in [0.717, 1.165) is 0 Å². The minimum atomic E-state index is -0.308. The molecule has 0 amide bonds. The Morgan fingerprint density at radius 2 is 1.80 bits per heavy atom. The Morgan fingerprint density at radius 3 is 2.30 bits per heavy atom. The Bertz CT molecular complexity index is 460. The average Bonchev–Trinajstić information content (AvgIpc) is 2.44. The van der Waals surface area contributed by atoms with Crippen molar-refractivity contribution >= 4 is 5.97 Å². The van der Waals surface area contributed by atoms with Crippen molar-refractivity contribution < 1.29 is 9.53 Å². The van der Waals surface area contributed by atoms with Crippen molar-refractivity contribution in [1.82, 2.24) is 0 Å². The summed E-state index contributed by atoms with van der Waals surface area (Å²) in [5, 5.41) is 0. The molecule has 0 spiro atoms. The fourth-order valence-corrected chi connectivity index (χ4v) is 2.23. The van der Waals surface area contributed by atoms with Crippen LogP contribution in [-0.2, 0) is 9.53 Å². The monoisotopic (exact) mass is 274 g/mol. The number of benzene rings is 1. The summed E-state index contributed by atoms with van der Waals surface area (Å²) < 4.78 is 5.34. The molecule has 0 unspecified atom stereocenters. The van der Waals surface area contributed by atoms with Gasteiger partial charge >= 0.3 is 5.97 Å². The summed E-state index contributed by atoms with van der Waals surface area (Å²) in [7, 11) is 0. The van der Waals surface area contributed by atoms with Crippen molar-refractivity contribution in [2.45, 2.75) is 40.5 Å². The third-order valence-electron chi connectivity index (χ3n) is 4.23. The molecule has 0 bridgehead atoms. The molecule has 0 N–H and O–H groups in total.